The molecular formula is C14H22N2O2S. The van der Waals surface area contributed by atoms with E-state index in [4.69, 9.17) is 22.7 Å². The maximum absolute atomic E-state index is 12.9. The van der Waals surface area contributed by atoms with Gasteiger partial charge in [0, 0.05) is 26.3 Å². The third-order valence-corrected chi connectivity index (χ3v) is 5.63. The summed E-state index contributed by atoms with van der Waals surface area (Å²) >= 11 is 5.22. The van der Waals surface area contributed by atoms with E-state index in [9.17, 15) is 4.79 Å². The summed E-state index contributed by atoms with van der Waals surface area (Å²) in [5, 5.41) is 0. The van der Waals surface area contributed by atoms with Crippen LogP contribution in [0.1, 0.15) is 32.1 Å². The van der Waals surface area contributed by atoms with E-state index in [1.165, 1.54) is 19.3 Å². The van der Waals surface area contributed by atoms with E-state index in [1.807, 2.05) is 4.90 Å². The molecule has 1 saturated carbocycles. The minimum absolute atomic E-state index is 0.165. The smallest absolute Gasteiger partial charge is 0.235 e. The third-order valence-electron chi connectivity index (χ3n) is 5.24. The predicted octanol–water partition coefficient (Wildman–Crippen LogP) is 1.33. The van der Waals surface area contributed by atoms with Crippen molar-refractivity contribution >= 4 is 23.1 Å². The molecule has 2 N–H and O–H groups in total. The van der Waals surface area contributed by atoms with E-state index in [0.29, 0.717) is 42.9 Å². The quantitative estimate of drug-likeness (QED) is 0.776. The second-order valence-corrected chi connectivity index (χ2v) is 6.66. The maximum atomic E-state index is 12.9. The molecule has 0 aromatic heterocycles. The van der Waals surface area contributed by atoms with Crippen LogP contribution in [0.5, 0.6) is 0 Å². The Kier molecular flexibility index (Phi) is 3.52. The van der Waals surface area contributed by atoms with Gasteiger partial charge in [-0.05, 0) is 37.5 Å². The van der Waals surface area contributed by atoms with Crippen LogP contribution < -0.4 is 5.73 Å². The topological polar surface area (TPSA) is 55.6 Å². The second kappa shape index (κ2) is 5.02. The summed E-state index contributed by atoms with van der Waals surface area (Å²) < 4.78 is 5.38. The van der Waals surface area contributed by atoms with Crippen LogP contribution in [0.3, 0.4) is 0 Å². The maximum Gasteiger partial charge on any atom is 0.235 e. The van der Waals surface area contributed by atoms with Crippen LogP contribution in [0.2, 0.25) is 0 Å². The zero-order valence-electron chi connectivity index (χ0n) is 11.3. The van der Waals surface area contributed by atoms with Gasteiger partial charge in [-0.2, -0.15) is 0 Å². The lowest BCUT2D eigenvalue weighted by Gasteiger charge is -2.37. The van der Waals surface area contributed by atoms with Gasteiger partial charge in [0.1, 0.15) is 5.41 Å². The minimum atomic E-state index is -0.633. The predicted molar refractivity (Wildman–Crippen MR) is 76.7 cm³/mol. The summed E-state index contributed by atoms with van der Waals surface area (Å²) in [6.07, 6.45) is 5.17. The van der Waals surface area contributed by atoms with Gasteiger partial charge in [0.05, 0.1) is 4.99 Å². The number of carbonyl (C=O) groups is 1. The van der Waals surface area contributed by atoms with Gasteiger partial charge in [-0.25, -0.2) is 0 Å². The average molecular weight is 282 g/mol. The molecule has 2 atom stereocenters. The minimum Gasteiger partial charge on any atom is -0.392 e. The Morgan fingerprint density at radius 3 is 2.32 bits per heavy atom. The van der Waals surface area contributed by atoms with E-state index in [0.717, 1.165) is 13.1 Å². The van der Waals surface area contributed by atoms with Gasteiger partial charge in [-0.15, -0.1) is 0 Å². The van der Waals surface area contributed by atoms with Crippen LogP contribution in [0.4, 0.5) is 0 Å². The van der Waals surface area contributed by atoms with Crippen molar-refractivity contribution in [3.05, 3.63) is 0 Å². The molecule has 5 heteroatoms. The number of nitrogens with zero attached hydrogens (tertiary/aromatic N) is 1. The molecule has 2 aliphatic heterocycles. The fraction of sp³-hybridized carbons (Fsp3) is 0.857. The molecule has 1 aliphatic carbocycles. The van der Waals surface area contributed by atoms with E-state index >= 15 is 0 Å². The van der Waals surface area contributed by atoms with Crippen molar-refractivity contribution in [1.82, 2.24) is 4.90 Å². The summed E-state index contributed by atoms with van der Waals surface area (Å²) in [7, 11) is 0. The number of likely N-dealkylation sites (tertiary alicyclic amines) is 1. The molecule has 0 aromatic carbocycles. The highest BCUT2D eigenvalue weighted by Gasteiger charge is 2.48. The third kappa shape index (κ3) is 2.17. The molecule has 0 bridgehead atoms. The molecule has 3 rings (SSSR count). The van der Waals surface area contributed by atoms with Crippen molar-refractivity contribution in [2.24, 2.45) is 23.0 Å². The molecule has 2 heterocycles. The number of fused-ring (bicyclic) bond motifs is 1. The standard InChI is InChI=1S/C14H22N2O2S/c15-12(19)14(4-6-18-7-5-14)13(17)16-8-10-2-1-3-11(10)9-16/h10-11H,1-9H2,(H2,15,19). The van der Waals surface area contributed by atoms with Gasteiger partial charge in [-0.3, -0.25) is 4.79 Å². The fourth-order valence-corrected chi connectivity index (χ4v) is 4.28. The number of thiocarbonyl (C=S) groups is 1. The Morgan fingerprint density at radius 1 is 1.21 bits per heavy atom. The van der Waals surface area contributed by atoms with E-state index in [-0.39, 0.29) is 5.91 Å². The van der Waals surface area contributed by atoms with Crippen molar-refractivity contribution in [2.75, 3.05) is 26.3 Å². The van der Waals surface area contributed by atoms with Crippen LogP contribution in [-0.2, 0) is 9.53 Å². The molecule has 3 aliphatic rings. The summed E-state index contributed by atoms with van der Waals surface area (Å²) in [6, 6.07) is 0. The first-order chi connectivity index (χ1) is 9.13. The Labute approximate surface area is 119 Å². The lowest BCUT2D eigenvalue weighted by atomic mass is 9.78. The molecule has 4 nitrogen and oxygen atoms in total. The van der Waals surface area contributed by atoms with Crippen molar-refractivity contribution in [3.8, 4) is 0 Å². The monoisotopic (exact) mass is 282 g/mol. The van der Waals surface area contributed by atoms with Crippen molar-refractivity contribution in [1.29, 1.82) is 0 Å². The first-order valence-corrected chi connectivity index (χ1v) is 7.71. The highest BCUT2D eigenvalue weighted by atomic mass is 32.1. The number of hydrogen-bond donors (Lipinski definition) is 1. The van der Waals surface area contributed by atoms with Gasteiger partial charge >= 0.3 is 0 Å². The van der Waals surface area contributed by atoms with Gasteiger partial charge in [0.15, 0.2) is 0 Å². The Bertz CT molecular complexity index is 381. The highest BCUT2D eigenvalue weighted by Crippen LogP contribution is 2.41. The first-order valence-electron chi connectivity index (χ1n) is 7.30. The SMILES string of the molecule is NC(=S)C1(C(=O)N2CC3CCCC3C2)CCOCC1. The number of rotatable bonds is 2. The van der Waals surface area contributed by atoms with E-state index in [1.54, 1.807) is 0 Å². The van der Waals surface area contributed by atoms with Crippen LogP contribution in [0.25, 0.3) is 0 Å². The van der Waals surface area contributed by atoms with E-state index in [2.05, 4.69) is 0 Å². The number of hydrogen-bond acceptors (Lipinski definition) is 3. The fourth-order valence-electron chi connectivity index (χ4n) is 3.99. The van der Waals surface area contributed by atoms with Gasteiger partial charge < -0.3 is 15.4 Å². The summed E-state index contributed by atoms with van der Waals surface area (Å²) in [5.41, 5.74) is 5.28. The van der Waals surface area contributed by atoms with Gasteiger partial charge in [-0.1, -0.05) is 18.6 Å². The van der Waals surface area contributed by atoms with Crippen LogP contribution >= 0.6 is 12.2 Å². The molecule has 3 fully saturated rings. The zero-order chi connectivity index (χ0) is 13.5. The van der Waals surface area contributed by atoms with E-state index < -0.39 is 5.41 Å². The van der Waals surface area contributed by atoms with Gasteiger partial charge in [0.2, 0.25) is 5.91 Å². The molecule has 0 aromatic rings. The molecule has 0 spiro atoms. The normalized spacial score (nSPS) is 33.2. The lowest BCUT2D eigenvalue weighted by Crippen LogP contribution is -2.52. The molecular weight excluding hydrogens is 260 g/mol. The number of nitrogens with two attached hydrogens (primary N) is 1. The summed E-state index contributed by atoms with van der Waals surface area (Å²) in [6.45, 7) is 3.00. The van der Waals surface area contributed by atoms with Crippen molar-refractivity contribution in [3.63, 3.8) is 0 Å². The zero-order valence-corrected chi connectivity index (χ0v) is 12.1. The largest absolute Gasteiger partial charge is 0.392 e. The molecule has 2 unspecified atom stereocenters. The molecule has 2 saturated heterocycles. The average Bonchev–Trinajstić information content (AvgIpc) is 2.99. The second-order valence-electron chi connectivity index (χ2n) is 6.22. The summed E-state index contributed by atoms with van der Waals surface area (Å²) in [4.78, 5) is 15.3. The molecule has 106 valence electrons. The number of carbonyl (C=O) groups excluding carboxylic acids is 1. The Balaban J connectivity index is 1.76. The number of amides is 1. The van der Waals surface area contributed by atoms with Crippen LogP contribution in [0.15, 0.2) is 0 Å². The first kappa shape index (κ1) is 13.3. The van der Waals surface area contributed by atoms with Crippen molar-refractivity contribution in [2.45, 2.75) is 32.1 Å². The lowest BCUT2D eigenvalue weighted by molar-refractivity contribution is -0.141. The molecule has 19 heavy (non-hydrogen) atoms. The van der Waals surface area contributed by atoms with Crippen molar-refractivity contribution < 1.29 is 9.53 Å². The van der Waals surface area contributed by atoms with Gasteiger partial charge in [0.25, 0.3) is 0 Å². The van der Waals surface area contributed by atoms with Crippen LogP contribution in [0, 0.1) is 17.3 Å². The molecule has 0 radical (unpaired) electrons. The Morgan fingerprint density at radius 2 is 1.79 bits per heavy atom. The number of ether oxygens (including phenoxy) is 1. The highest BCUT2D eigenvalue weighted by molar-refractivity contribution is 7.80. The van der Waals surface area contributed by atoms with Crippen LogP contribution in [-0.4, -0.2) is 42.1 Å². The Hall–Kier alpha value is -0.680. The summed E-state index contributed by atoms with van der Waals surface area (Å²) in [5.74, 6) is 1.59. The molecule has 1 amide bonds.